The molecular weight excluding hydrogens is 293 g/mol. The predicted molar refractivity (Wildman–Crippen MR) is 66.9 cm³/mol. The molecule has 84 valence electrons. The highest BCUT2D eigenvalue weighted by Gasteiger charge is 2.12. The zero-order valence-corrected chi connectivity index (χ0v) is 11.1. The number of anilines is 1. The SMILES string of the molecule is Cc1nc(-c2cc(Br)c(C)s2)nc(N)c1F. The molecule has 2 heterocycles. The second-order valence-corrected chi connectivity index (χ2v) is 5.46. The quantitative estimate of drug-likeness (QED) is 0.879. The van der Waals surface area contributed by atoms with Gasteiger partial charge in [0.1, 0.15) is 0 Å². The highest BCUT2D eigenvalue weighted by atomic mass is 79.9. The summed E-state index contributed by atoms with van der Waals surface area (Å²) >= 11 is 4.96. The van der Waals surface area contributed by atoms with Crippen molar-refractivity contribution in [2.45, 2.75) is 13.8 Å². The summed E-state index contributed by atoms with van der Waals surface area (Å²) < 4.78 is 14.3. The molecular formula is C10H9BrFN3S. The molecule has 3 nitrogen and oxygen atoms in total. The Morgan fingerprint density at radius 2 is 2.06 bits per heavy atom. The predicted octanol–water partition coefficient (Wildman–Crippen LogP) is 3.31. The van der Waals surface area contributed by atoms with Gasteiger partial charge in [-0.05, 0) is 35.8 Å². The fraction of sp³-hybridized carbons (Fsp3) is 0.200. The smallest absolute Gasteiger partial charge is 0.186 e. The van der Waals surface area contributed by atoms with Gasteiger partial charge < -0.3 is 5.73 Å². The first-order chi connectivity index (χ1) is 7.49. The van der Waals surface area contributed by atoms with E-state index in [-0.39, 0.29) is 11.5 Å². The monoisotopic (exact) mass is 301 g/mol. The molecule has 0 aliphatic heterocycles. The molecule has 2 N–H and O–H groups in total. The summed E-state index contributed by atoms with van der Waals surface area (Å²) in [5.74, 6) is -0.184. The average Bonchev–Trinajstić information content (AvgIpc) is 2.55. The molecule has 0 saturated carbocycles. The number of thiophene rings is 1. The van der Waals surface area contributed by atoms with E-state index in [0.717, 1.165) is 14.2 Å². The molecule has 0 aliphatic rings. The van der Waals surface area contributed by atoms with Crippen molar-refractivity contribution in [3.8, 4) is 10.7 Å². The van der Waals surface area contributed by atoms with Crippen LogP contribution in [-0.2, 0) is 0 Å². The van der Waals surface area contributed by atoms with Crippen LogP contribution in [-0.4, -0.2) is 9.97 Å². The van der Waals surface area contributed by atoms with E-state index in [1.54, 1.807) is 18.3 Å². The molecule has 2 aromatic heterocycles. The van der Waals surface area contributed by atoms with E-state index in [9.17, 15) is 4.39 Å². The molecule has 0 aromatic carbocycles. The van der Waals surface area contributed by atoms with E-state index >= 15 is 0 Å². The molecule has 0 aliphatic carbocycles. The highest BCUT2D eigenvalue weighted by Crippen LogP contribution is 2.32. The third-order valence-electron chi connectivity index (χ3n) is 2.12. The fourth-order valence-electron chi connectivity index (χ4n) is 1.26. The van der Waals surface area contributed by atoms with E-state index in [1.165, 1.54) is 0 Å². The number of halogens is 2. The van der Waals surface area contributed by atoms with Crippen molar-refractivity contribution in [1.29, 1.82) is 0 Å². The Bertz CT molecular complexity index is 510. The van der Waals surface area contributed by atoms with Crippen LogP contribution in [0.2, 0.25) is 0 Å². The van der Waals surface area contributed by atoms with Crippen LogP contribution < -0.4 is 5.73 Å². The Balaban J connectivity index is 2.56. The summed E-state index contributed by atoms with van der Waals surface area (Å²) in [5.41, 5.74) is 5.74. The zero-order chi connectivity index (χ0) is 11.9. The van der Waals surface area contributed by atoms with E-state index < -0.39 is 5.82 Å². The van der Waals surface area contributed by atoms with Gasteiger partial charge in [-0.15, -0.1) is 11.3 Å². The Labute approximate surface area is 105 Å². The van der Waals surface area contributed by atoms with Crippen LogP contribution in [0.3, 0.4) is 0 Å². The van der Waals surface area contributed by atoms with Crippen molar-refractivity contribution in [1.82, 2.24) is 9.97 Å². The lowest BCUT2D eigenvalue weighted by Crippen LogP contribution is -2.02. The molecule has 0 saturated heterocycles. The summed E-state index contributed by atoms with van der Waals surface area (Å²) in [7, 11) is 0. The van der Waals surface area contributed by atoms with Crippen LogP contribution in [0.5, 0.6) is 0 Å². The summed E-state index contributed by atoms with van der Waals surface area (Å²) in [6, 6.07) is 1.91. The maximum Gasteiger partial charge on any atom is 0.186 e. The number of aryl methyl sites for hydroxylation is 2. The van der Waals surface area contributed by atoms with Gasteiger partial charge in [0, 0.05) is 9.35 Å². The number of nitrogen functional groups attached to an aromatic ring is 1. The summed E-state index contributed by atoms with van der Waals surface area (Å²) in [6.07, 6.45) is 0. The summed E-state index contributed by atoms with van der Waals surface area (Å²) in [4.78, 5) is 10.0. The first-order valence-corrected chi connectivity index (χ1v) is 6.16. The van der Waals surface area contributed by atoms with Crippen molar-refractivity contribution in [2.75, 3.05) is 5.73 Å². The van der Waals surface area contributed by atoms with Gasteiger partial charge >= 0.3 is 0 Å². The average molecular weight is 302 g/mol. The maximum absolute atomic E-state index is 13.3. The molecule has 2 rings (SSSR count). The van der Waals surface area contributed by atoms with Crippen LogP contribution in [0.4, 0.5) is 10.2 Å². The van der Waals surface area contributed by atoms with Crippen molar-refractivity contribution < 1.29 is 4.39 Å². The summed E-state index contributed by atoms with van der Waals surface area (Å²) in [6.45, 7) is 3.56. The molecule has 0 bridgehead atoms. The Kier molecular flexibility index (Phi) is 2.94. The van der Waals surface area contributed by atoms with Crippen LogP contribution in [0.25, 0.3) is 10.7 Å². The number of hydrogen-bond donors (Lipinski definition) is 1. The van der Waals surface area contributed by atoms with Gasteiger partial charge in [0.05, 0.1) is 10.6 Å². The third kappa shape index (κ3) is 1.94. The van der Waals surface area contributed by atoms with Crippen LogP contribution >= 0.6 is 27.3 Å². The minimum absolute atomic E-state index is 0.107. The minimum atomic E-state index is -0.545. The van der Waals surface area contributed by atoms with Crippen molar-refractivity contribution in [2.24, 2.45) is 0 Å². The molecule has 6 heteroatoms. The van der Waals surface area contributed by atoms with Crippen LogP contribution in [0.15, 0.2) is 10.5 Å². The Hall–Kier alpha value is -1.01. The molecule has 0 spiro atoms. The standard InChI is InChI=1S/C10H9BrFN3S/c1-4-8(12)9(13)15-10(14-4)7-3-6(11)5(2)16-7/h3H,1-2H3,(H2,13,14,15). The Morgan fingerprint density at radius 3 is 2.56 bits per heavy atom. The molecule has 16 heavy (non-hydrogen) atoms. The van der Waals surface area contributed by atoms with E-state index in [0.29, 0.717) is 5.82 Å². The van der Waals surface area contributed by atoms with Crippen LogP contribution in [0, 0.1) is 19.7 Å². The molecule has 0 atom stereocenters. The van der Waals surface area contributed by atoms with E-state index in [2.05, 4.69) is 25.9 Å². The highest BCUT2D eigenvalue weighted by molar-refractivity contribution is 9.10. The molecule has 0 amide bonds. The lowest BCUT2D eigenvalue weighted by molar-refractivity contribution is 0.608. The van der Waals surface area contributed by atoms with Crippen molar-refractivity contribution in [3.05, 3.63) is 26.9 Å². The first kappa shape index (κ1) is 11.5. The van der Waals surface area contributed by atoms with E-state index in [4.69, 9.17) is 5.73 Å². The minimum Gasteiger partial charge on any atom is -0.381 e. The maximum atomic E-state index is 13.3. The second kappa shape index (κ2) is 4.10. The number of aromatic nitrogens is 2. The second-order valence-electron chi connectivity index (χ2n) is 3.35. The molecule has 2 aromatic rings. The van der Waals surface area contributed by atoms with Crippen LogP contribution in [0.1, 0.15) is 10.6 Å². The largest absolute Gasteiger partial charge is 0.381 e. The first-order valence-electron chi connectivity index (χ1n) is 4.55. The summed E-state index contributed by atoms with van der Waals surface area (Å²) in [5, 5.41) is 0. The third-order valence-corrected chi connectivity index (χ3v) is 4.25. The van der Waals surface area contributed by atoms with Crippen molar-refractivity contribution in [3.63, 3.8) is 0 Å². The van der Waals surface area contributed by atoms with Gasteiger partial charge in [0.15, 0.2) is 17.5 Å². The van der Waals surface area contributed by atoms with Gasteiger partial charge in [0.25, 0.3) is 0 Å². The number of nitrogens with two attached hydrogens (primary N) is 1. The fourth-order valence-corrected chi connectivity index (χ4v) is 2.73. The van der Waals surface area contributed by atoms with Crippen molar-refractivity contribution >= 4 is 33.1 Å². The number of nitrogens with zero attached hydrogens (tertiary/aromatic N) is 2. The molecule has 0 unspecified atom stereocenters. The lowest BCUT2D eigenvalue weighted by atomic mass is 10.3. The topological polar surface area (TPSA) is 51.8 Å². The van der Waals surface area contributed by atoms with Gasteiger partial charge in [0.2, 0.25) is 0 Å². The molecule has 0 radical (unpaired) electrons. The normalized spacial score (nSPS) is 10.8. The van der Waals surface area contributed by atoms with Gasteiger partial charge in [-0.3, -0.25) is 0 Å². The lowest BCUT2D eigenvalue weighted by Gasteiger charge is -2.02. The van der Waals surface area contributed by atoms with Gasteiger partial charge in [-0.2, -0.15) is 0 Å². The number of hydrogen-bond acceptors (Lipinski definition) is 4. The van der Waals surface area contributed by atoms with Gasteiger partial charge in [-0.25, -0.2) is 14.4 Å². The molecule has 0 fully saturated rings. The Morgan fingerprint density at radius 1 is 1.38 bits per heavy atom. The van der Waals surface area contributed by atoms with Gasteiger partial charge in [-0.1, -0.05) is 0 Å². The number of rotatable bonds is 1. The zero-order valence-electron chi connectivity index (χ0n) is 8.71. The van der Waals surface area contributed by atoms with E-state index in [1.807, 2.05) is 13.0 Å².